The number of carbonyl (C=O) groups is 1. The summed E-state index contributed by atoms with van der Waals surface area (Å²) in [5.74, 6) is 0.500. The van der Waals surface area contributed by atoms with Crippen LogP contribution in [-0.4, -0.2) is 63.9 Å². The Hall–Kier alpha value is -3.23. The first-order valence-corrected chi connectivity index (χ1v) is 8.82. The van der Waals surface area contributed by atoms with Gasteiger partial charge in [0.1, 0.15) is 18.0 Å². The van der Waals surface area contributed by atoms with Gasteiger partial charge in [-0.1, -0.05) is 0 Å². The number of aromatic nitrogens is 4. The highest BCUT2D eigenvalue weighted by atomic mass is 19.1. The van der Waals surface area contributed by atoms with Crippen molar-refractivity contribution in [2.45, 2.75) is 6.04 Å². The number of halogens is 1. The Labute approximate surface area is 154 Å². The molecule has 4 heterocycles. The molecule has 0 unspecified atom stereocenters. The normalized spacial score (nSPS) is 17.9. The van der Waals surface area contributed by atoms with E-state index in [-0.39, 0.29) is 17.9 Å². The Bertz CT molecular complexity index is 1030. The topological polar surface area (TPSA) is 70.4 Å². The molecule has 2 saturated heterocycles. The monoisotopic (exact) mass is 367 g/mol. The van der Waals surface area contributed by atoms with Crippen LogP contribution in [0.4, 0.5) is 20.7 Å². The molecule has 2 aliphatic heterocycles. The average Bonchev–Trinajstić information content (AvgIpc) is 3.21. The van der Waals surface area contributed by atoms with Crippen LogP contribution in [0, 0.1) is 5.82 Å². The zero-order chi connectivity index (χ0) is 18.5. The maximum Gasteiger partial charge on any atom is 0.324 e. The summed E-state index contributed by atoms with van der Waals surface area (Å²) in [5.41, 5.74) is 1.42. The van der Waals surface area contributed by atoms with Gasteiger partial charge >= 0.3 is 6.03 Å². The molecule has 27 heavy (non-hydrogen) atoms. The van der Waals surface area contributed by atoms with Gasteiger partial charge in [-0.05, 0) is 12.1 Å². The Balaban J connectivity index is 1.32. The second-order valence-electron chi connectivity index (χ2n) is 6.95. The quantitative estimate of drug-likeness (QED) is 0.707. The van der Waals surface area contributed by atoms with E-state index in [0.717, 1.165) is 36.5 Å². The van der Waals surface area contributed by atoms with E-state index in [2.05, 4.69) is 20.0 Å². The molecule has 0 radical (unpaired) electrons. The van der Waals surface area contributed by atoms with Crippen LogP contribution in [0.5, 0.6) is 0 Å². The average molecular weight is 367 g/mol. The van der Waals surface area contributed by atoms with Crippen molar-refractivity contribution < 1.29 is 9.18 Å². The van der Waals surface area contributed by atoms with Gasteiger partial charge in [0.25, 0.3) is 0 Å². The first-order valence-electron chi connectivity index (χ1n) is 8.82. The fourth-order valence-corrected chi connectivity index (χ4v) is 3.62. The molecule has 2 aromatic heterocycles. The Morgan fingerprint density at radius 1 is 1.19 bits per heavy atom. The first kappa shape index (κ1) is 16.0. The minimum atomic E-state index is -0.306. The van der Waals surface area contributed by atoms with Gasteiger partial charge in [0.15, 0.2) is 0 Å². The highest BCUT2D eigenvalue weighted by Gasteiger charge is 2.33. The number of anilines is 2. The molecule has 138 valence electrons. The highest BCUT2D eigenvalue weighted by molar-refractivity contribution is 5.93. The summed E-state index contributed by atoms with van der Waals surface area (Å²) in [6, 6.07) is 4.77. The lowest BCUT2D eigenvalue weighted by molar-refractivity contribution is 0.229. The van der Waals surface area contributed by atoms with Crippen LogP contribution < -0.4 is 9.80 Å². The van der Waals surface area contributed by atoms with Crippen molar-refractivity contribution in [1.29, 1.82) is 0 Å². The first-order chi connectivity index (χ1) is 13.1. The molecule has 2 aliphatic rings. The predicted molar refractivity (Wildman–Crippen MR) is 98.3 cm³/mol. The van der Waals surface area contributed by atoms with Crippen molar-refractivity contribution in [2.24, 2.45) is 0 Å². The lowest BCUT2D eigenvalue weighted by Crippen LogP contribution is -2.48. The summed E-state index contributed by atoms with van der Waals surface area (Å²) in [6.45, 7) is 2.90. The van der Waals surface area contributed by atoms with Crippen molar-refractivity contribution in [3.63, 3.8) is 0 Å². The van der Waals surface area contributed by atoms with E-state index in [1.165, 1.54) is 18.5 Å². The minimum absolute atomic E-state index is 0.00414. The summed E-state index contributed by atoms with van der Waals surface area (Å²) in [5, 5.41) is 5.28. The molecule has 0 spiro atoms. The van der Waals surface area contributed by atoms with Gasteiger partial charge in [0.05, 0.1) is 23.4 Å². The molecule has 0 aliphatic carbocycles. The third-order valence-corrected chi connectivity index (χ3v) is 5.23. The standard InChI is InChI=1S/C18H18FN7O/c1-23-4-5-25(18(23)27)13-7-22-26(10-13)14-8-24(9-14)17-15-3-2-12(19)6-16(15)20-11-21-17/h2-3,6-7,10-11,14H,4-5,8-9H2,1H3. The number of nitrogens with zero attached hydrogens (tertiary/aromatic N) is 7. The fourth-order valence-electron chi connectivity index (χ4n) is 3.62. The van der Waals surface area contributed by atoms with Crippen LogP contribution >= 0.6 is 0 Å². The smallest absolute Gasteiger partial charge is 0.324 e. The molecule has 1 aromatic carbocycles. The fraction of sp³-hybridized carbons (Fsp3) is 0.333. The van der Waals surface area contributed by atoms with Gasteiger partial charge in [0.2, 0.25) is 0 Å². The summed E-state index contributed by atoms with van der Waals surface area (Å²) in [7, 11) is 1.80. The van der Waals surface area contributed by atoms with E-state index < -0.39 is 0 Å². The van der Waals surface area contributed by atoms with Gasteiger partial charge in [0, 0.05) is 50.9 Å². The van der Waals surface area contributed by atoms with Crippen molar-refractivity contribution in [2.75, 3.05) is 43.0 Å². The molecule has 3 aromatic rings. The van der Waals surface area contributed by atoms with Crippen molar-refractivity contribution >= 4 is 28.4 Å². The number of hydrogen-bond acceptors (Lipinski definition) is 5. The minimum Gasteiger partial charge on any atom is -0.352 e. The molecule has 0 saturated carbocycles. The summed E-state index contributed by atoms with van der Waals surface area (Å²) >= 11 is 0. The number of likely N-dealkylation sites (N-methyl/N-ethyl adjacent to an activating group) is 1. The third-order valence-electron chi connectivity index (χ3n) is 5.23. The van der Waals surface area contributed by atoms with E-state index in [0.29, 0.717) is 12.1 Å². The number of rotatable bonds is 3. The van der Waals surface area contributed by atoms with Crippen LogP contribution in [-0.2, 0) is 0 Å². The SMILES string of the molecule is CN1CCN(c2cnn(C3CN(c4ncnc5cc(F)ccc45)C3)c2)C1=O. The van der Waals surface area contributed by atoms with Crippen LogP contribution in [0.3, 0.4) is 0 Å². The van der Waals surface area contributed by atoms with E-state index >= 15 is 0 Å². The Morgan fingerprint density at radius 3 is 2.81 bits per heavy atom. The van der Waals surface area contributed by atoms with Crippen molar-refractivity contribution in [3.05, 3.63) is 42.7 Å². The van der Waals surface area contributed by atoms with Crippen molar-refractivity contribution in [1.82, 2.24) is 24.6 Å². The molecule has 2 fully saturated rings. The van der Waals surface area contributed by atoms with Gasteiger partial charge in [-0.25, -0.2) is 19.2 Å². The highest BCUT2D eigenvalue weighted by Crippen LogP contribution is 2.32. The lowest BCUT2D eigenvalue weighted by Gasteiger charge is -2.40. The summed E-state index contributed by atoms with van der Waals surface area (Å²) in [4.78, 5) is 26.2. The zero-order valence-corrected chi connectivity index (χ0v) is 14.8. The molecule has 0 atom stereocenters. The number of carbonyl (C=O) groups excluding carboxylic acids is 1. The maximum absolute atomic E-state index is 13.4. The van der Waals surface area contributed by atoms with Crippen LogP contribution in [0.15, 0.2) is 36.9 Å². The second kappa shape index (κ2) is 5.90. The molecule has 8 nitrogen and oxygen atoms in total. The lowest BCUT2D eigenvalue weighted by atomic mass is 10.1. The molecular formula is C18H18FN7O. The third kappa shape index (κ3) is 2.57. The molecule has 5 rings (SSSR count). The number of fused-ring (bicyclic) bond motifs is 1. The Kier molecular flexibility index (Phi) is 3.49. The van der Waals surface area contributed by atoms with Gasteiger partial charge in [-0.15, -0.1) is 0 Å². The van der Waals surface area contributed by atoms with E-state index in [9.17, 15) is 9.18 Å². The number of hydrogen-bond donors (Lipinski definition) is 0. The molecular weight excluding hydrogens is 349 g/mol. The van der Waals surface area contributed by atoms with Crippen LogP contribution in [0.25, 0.3) is 10.9 Å². The van der Waals surface area contributed by atoms with Gasteiger partial charge in [-0.3, -0.25) is 9.58 Å². The zero-order valence-electron chi connectivity index (χ0n) is 14.8. The van der Waals surface area contributed by atoms with Crippen LogP contribution in [0.1, 0.15) is 6.04 Å². The van der Waals surface area contributed by atoms with Gasteiger partial charge < -0.3 is 9.80 Å². The van der Waals surface area contributed by atoms with Gasteiger partial charge in [-0.2, -0.15) is 5.10 Å². The summed E-state index contributed by atoms with van der Waals surface area (Å²) < 4.78 is 15.3. The largest absolute Gasteiger partial charge is 0.352 e. The van der Waals surface area contributed by atoms with Crippen molar-refractivity contribution in [3.8, 4) is 0 Å². The van der Waals surface area contributed by atoms with Crippen LogP contribution in [0.2, 0.25) is 0 Å². The number of benzene rings is 1. The molecule has 0 N–H and O–H groups in total. The van der Waals surface area contributed by atoms with E-state index in [4.69, 9.17) is 0 Å². The molecule has 9 heteroatoms. The molecule has 0 bridgehead atoms. The number of amides is 2. The maximum atomic E-state index is 13.4. The van der Waals surface area contributed by atoms with E-state index in [1.54, 1.807) is 29.1 Å². The molecule has 2 amide bonds. The second-order valence-corrected chi connectivity index (χ2v) is 6.95. The summed E-state index contributed by atoms with van der Waals surface area (Å²) in [6.07, 6.45) is 5.13. The number of urea groups is 1. The predicted octanol–water partition coefficient (Wildman–Crippen LogP) is 1.90. The Morgan fingerprint density at radius 2 is 2.04 bits per heavy atom. The van der Waals surface area contributed by atoms with E-state index in [1.807, 2.05) is 10.9 Å².